The van der Waals surface area contributed by atoms with E-state index >= 15 is 0 Å². The highest BCUT2D eigenvalue weighted by Crippen LogP contribution is 2.17. The molecule has 0 aliphatic heterocycles. The van der Waals surface area contributed by atoms with E-state index in [0.717, 1.165) is 4.60 Å². The minimum absolute atomic E-state index is 0.402. The third-order valence-electron chi connectivity index (χ3n) is 2.08. The van der Waals surface area contributed by atoms with E-state index in [1.807, 2.05) is 10.6 Å². The summed E-state index contributed by atoms with van der Waals surface area (Å²) in [4.78, 5) is 12.5. The van der Waals surface area contributed by atoms with E-state index in [1.165, 1.54) is 0 Å². The Morgan fingerprint density at radius 2 is 2.25 bits per heavy atom. The van der Waals surface area contributed by atoms with Crippen LogP contribution in [0.1, 0.15) is 5.82 Å². The topological polar surface area (TPSA) is 69.1 Å². The van der Waals surface area contributed by atoms with Gasteiger partial charge in [-0.3, -0.25) is 4.40 Å². The molecule has 0 N–H and O–H groups in total. The molecular formula is C9H6BrN5O. The summed E-state index contributed by atoms with van der Waals surface area (Å²) in [5, 5.41) is 3.72. The molecule has 0 aliphatic carbocycles. The normalized spacial score (nSPS) is 11.1. The Morgan fingerprint density at radius 3 is 3.00 bits per heavy atom. The van der Waals surface area contributed by atoms with Crippen molar-refractivity contribution in [2.45, 2.75) is 6.92 Å². The van der Waals surface area contributed by atoms with Gasteiger partial charge in [0.25, 0.3) is 5.89 Å². The Morgan fingerprint density at radius 1 is 1.38 bits per heavy atom. The van der Waals surface area contributed by atoms with E-state index in [1.54, 1.807) is 19.2 Å². The zero-order valence-corrected chi connectivity index (χ0v) is 9.84. The molecule has 0 aliphatic rings. The summed E-state index contributed by atoms with van der Waals surface area (Å²) in [6, 6.07) is 1.80. The Hall–Kier alpha value is -1.76. The van der Waals surface area contributed by atoms with Crippen LogP contribution in [0.15, 0.2) is 27.6 Å². The molecule has 16 heavy (non-hydrogen) atoms. The largest absolute Gasteiger partial charge is 0.332 e. The van der Waals surface area contributed by atoms with Crippen LogP contribution in [-0.2, 0) is 0 Å². The number of hydrogen-bond donors (Lipinski definition) is 0. The molecule has 0 unspecified atom stereocenters. The molecule has 0 radical (unpaired) electrons. The first kappa shape index (κ1) is 9.46. The lowest BCUT2D eigenvalue weighted by Crippen LogP contribution is -1.91. The van der Waals surface area contributed by atoms with E-state index < -0.39 is 0 Å². The van der Waals surface area contributed by atoms with Crippen LogP contribution in [0.5, 0.6) is 0 Å². The van der Waals surface area contributed by atoms with Crippen LogP contribution in [0.2, 0.25) is 0 Å². The van der Waals surface area contributed by atoms with Crippen molar-refractivity contribution in [2.75, 3.05) is 0 Å². The molecule has 3 rings (SSSR count). The molecule has 0 saturated carbocycles. The van der Waals surface area contributed by atoms with Gasteiger partial charge < -0.3 is 4.52 Å². The second kappa shape index (κ2) is 3.38. The van der Waals surface area contributed by atoms with Crippen LogP contribution in [0.3, 0.4) is 0 Å². The lowest BCUT2D eigenvalue weighted by Gasteiger charge is -1.96. The highest BCUT2D eigenvalue weighted by Gasteiger charge is 2.10. The van der Waals surface area contributed by atoms with E-state index in [9.17, 15) is 0 Å². The number of aryl methyl sites for hydroxylation is 1. The van der Waals surface area contributed by atoms with Gasteiger partial charge in [0.05, 0.1) is 6.20 Å². The van der Waals surface area contributed by atoms with Gasteiger partial charge in [0.15, 0.2) is 5.82 Å². The Labute approximate surface area is 98.5 Å². The van der Waals surface area contributed by atoms with Gasteiger partial charge in [-0.2, -0.15) is 4.98 Å². The van der Waals surface area contributed by atoms with Gasteiger partial charge in [-0.1, -0.05) is 5.16 Å². The molecule has 0 atom stereocenters. The third kappa shape index (κ3) is 1.40. The Balaban J connectivity index is 2.18. The fourth-order valence-corrected chi connectivity index (χ4v) is 1.74. The molecule has 3 aromatic rings. The summed E-state index contributed by atoms with van der Waals surface area (Å²) in [5.74, 6) is 1.57. The average molecular weight is 280 g/mol. The first-order chi connectivity index (χ1) is 7.74. The molecule has 0 fully saturated rings. The van der Waals surface area contributed by atoms with Gasteiger partial charge in [-0.05, 0) is 28.9 Å². The van der Waals surface area contributed by atoms with E-state index in [0.29, 0.717) is 23.2 Å². The van der Waals surface area contributed by atoms with Crippen molar-refractivity contribution in [1.82, 2.24) is 24.5 Å². The van der Waals surface area contributed by atoms with Gasteiger partial charge in [0.2, 0.25) is 5.78 Å². The molecule has 0 amide bonds. The summed E-state index contributed by atoms with van der Waals surface area (Å²) >= 11 is 3.36. The van der Waals surface area contributed by atoms with Crippen molar-refractivity contribution in [3.05, 3.63) is 28.9 Å². The second-order valence-corrected chi connectivity index (χ2v) is 4.02. The summed E-state index contributed by atoms with van der Waals surface area (Å²) in [5.41, 5.74) is 0.617. The molecule has 0 bridgehead atoms. The molecular weight excluding hydrogens is 274 g/mol. The summed E-state index contributed by atoms with van der Waals surface area (Å²) < 4.78 is 7.70. The van der Waals surface area contributed by atoms with Crippen molar-refractivity contribution in [2.24, 2.45) is 0 Å². The molecule has 0 saturated heterocycles. The van der Waals surface area contributed by atoms with Crippen LogP contribution in [0.25, 0.3) is 17.4 Å². The van der Waals surface area contributed by atoms with Crippen molar-refractivity contribution in [3.8, 4) is 11.6 Å². The van der Waals surface area contributed by atoms with Crippen LogP contribution in [0, 0.1) is 6.92 Å². The summed E-state index contributed by atoms with van der Waals surface area (Å²) in [6.07, 6.45) is 3.53. The maximum absolute atomic E-state index is 5.03. The average Bonchev–Trinajstić information content (AvgIpc) is 2.86. The van der Waals surface area contributed by atoms with E-state index in [-0.39, 0.29) is 0 Å². The lowest BCUT2D eigenvalue weighted by atomic mass is 10.4. The first-order valence-electron chi connectivity index (χ1n) is 4.54. The lowest BCUT2D eigenvalue weighted by molar-refractivity contribution is 0.424. The van der Waals surface area contributed by atoms with Crippen LogP contribution in [0.4, 0.5) is 0 Å². The van der Waals surface area contributed by atoms with Gasteiger partial charge in [0.1, 0.15) is 10.3 Å². The summed E-state index contributed by atoms with van der Waals surface area (Å²) in [7, 11) is 0. The van der Waals surface area contributed by atoms with Gasteiger partial charge in [-0.15, -0.1) is 0 Å². The zero-order valence-electron chi connectivity index (χ0n) is 8.25. The highest BCUT2D eigenvalue weighted by atomic mass is 79.9. The molecule has 3 heterocycles. The smallest absolute Gasteiger partial charge is 0.276 e. The fourth-order valence-electron chi connectivity index (χ4n) is 1.36. The van der Waals surface area contributed by atoms with Crippen molar-refractivity contribution in [1.29, 1.82) is 0 Å². The monoisotopic (exact) mass is 279 g/mol. The Kier molecular flexibility index (Phi) is 2.00. The van der Waals surface area contributed by atoms with E-state index in [4.69, 9.17) is 4.52 Å². The van der Waals surface area contributed by atoms with Crippen LogP contribution >= 0.6 is 15.9 Å². The molecule has 7 heteroatoms. The molecule has 0 aromatic carbocycles. The van der Waals surface area contributed by atoms with Crippen LogP contribution in [-0.4, -0.2) is 24.5 Å². The number of rotatable bonds is 1. The van der Waals surface area contributed by atoms with Crippen molar-refractivity contribution in [3.63, 3.8) is 0 Å². The standard InChI is InChI=1S/C9H6BrN5O/c1-5-12-8(16-14-5)6-2-3-15-7(10)4-11-9(15)13-6/h2-4H,1H3. The Bertz CT molecular complexity index is 659. The predicted octanol–water partition coefficient (Wildman–Crippen LogP) is 1.85. The first-order valence-corrected chi connectivity index (χ1v) is 5.33. The van der Waals surface area contributed by atoms with Gasteiger partial charge in [0, 0.05) is 6.20 Å². The van der Waals surface area contributed by atoms with Gasteiger partial charge >= 0.3 is 0 Å². The van der Waals surface area contributed by atoms with Gasteiger partial charge in [-0.25, -0.2) is 9.97 Å². The minimum atomic E-state index is 0.402. The second-order valence-electron chi connectivity index (χ2n) is 3.21. The molecule has 3 aromatic heterocycles. The van der Waals surface area contributed by atoms with Crippen LogP contribution < -0.4 is 0 Å². The number of nitrogens with zero attached hydrogens (tertiary/aromatic N) is 5. The maximum Gasteiger partial charge on any atom is 0.276 e. The third-order valence-corrected chi connectivity index (χ3v) is 2.67. The fraction of sp³-hybridized carbons (Fsp3) is 0.111. The number of fused-ring (bicyclic) bond motifs is 1. The highest BCUT2D eigenvalue weighted by molar-refractivity contribution is 9.10. The van der Waals surface area contributed by atoms with Crippen molar-refractivity contribution >= 4 is 21.7 Å². The molecule has 80 valence electrons. The quantitative estimate of drug-likeness (QED) is 0.680. The zero-order chi connectivity index (χ0) is 11.1. The number of halogens is 1. The maximum atomic E-state index is 5.03. The molecule has 6 nitrogen and oxygen atoms in total. The summed E-state index contributed by atoms with van der Waals surface area (Å²) in [6.45, 7) is 1.76. The molecule has 0 spiro atoms. The SMILES string of the molecule is Cc1noc(-c2ccn3c(Br)cnc3n2)n1. The number of aromatic nitrogens is 5. The minimum Gasteiger partial charge on any atom is -0.332 e. The number of imidazole rings is 1. The van der Waals surface area contributed by atoms with E-state index in [2.05, 4.69) is 36.0 Å². The van der Waals surface area contributed by atoms with Crippen molar-refractivity contribution < 1.29 is 4.52 Å². The predicted molar refractivity (Wildman–Crippen MR) is 58.7 cm³/mol. The number of hydrogen-bond acceptors (Lipinski definition) is 5.